The van der Waals surface area contributed by atoms with Crippen molar-refractivity contribution in [1.29, 1.82) is 0 Å². The summed E-state index contributed by atoms with van der Waals surface area (Å²) in [4.78, 5) is 31.8. The second kappa shape index (κ2) is 6.16. The molecule has 3 rings (SSSR count). The summed E-state index contributed by atoms with van der Waals surface area (Å²) in [5.74, 6) is 0.0165. The molecule has 1 aliphatic rings. The number of carbonyl (C=O) groups excluding carboxylic acids is 1. The molecule has 2 atom stereocenters. The standard InChI is InChI=1S/C18H23N3O2/c1-12-10-14(8-9-20(12)2)18(23)21(3)16-11-13-6-4-5-7-15(13)19-17(16)22/h4-7,11-12,14H,8-10H2,1-3H3,(H,19,22). The summed E-state index contributed by atoms with van der Waals surface area (Å²) in [7, 11) is 3.79. The molecule has 0 saturated carbocycles. The minimum absolute atomic E-state index is 0.0166. The molecule has 2 heterocycles. The lowest BCUT2D eigenvalue weighted by Crippen LogP contribution is -2.44. The topological polar surface area (TPSA) is 56.4 Å². The zero-order valence-corrected chi connectivity index (χ0v) is 13.9. The third-order valence-electron chi connectivity index (χ3n) is 4.98. The van der Waals surface area contributed by atoms with Gasteiger partial charge in [-0.15, -0.1) is 0 Å². The van der Waals surface area contributed by atoms with Crippen molar-refractivity contribution in [2.45, 2.75) is 25.8 Å². The number of carbonyl (C=O) groups is 1. The van der Waals surface area contributed by atoms with Crippen LogP contribution in [-0.4, -0.2) is 42.5 Å². The Kier molecular flexibility index (Phi) is 4.22. The van der Waals surface area contributed by atoms with Gasteiger partial charge in [0.15, 0.2) is 0 Å². The quantitative estimate of drug-likeness (QED) is 0.925. The molecule has 2 unspecified atom stereocenters. The summed E-state index contributed by atoms with van der Waals surface area (Å²) < 4.78 is 0. The molecule has 5 heteroatoms. The Hall–Kier alpha value is -2.14. The summed E-state index contributed by atoms with van der Waals surface area (Å²) >= 11 is 0. The molecule has 5 nitrogen and oxygen atoms in total. The summed E-state index contributed by atoms with van der Waals surface area (Å²) in [6.07, 6.45) is 1.68. The predicted molar refractivity (Wildman–Crippen MR) is 92.8 cm³/mol. The maximum atomic E-state index is 12.8. The van der Waals surface area contributed by atoms with E-state index in [9.17, 15) is 9.59 Å². The Morgan fingerprint density at radius 2 is 2.09 bits per heavy atom. The number of nitrogens with zero attached hydrogens (tertiary/aromatic N) is 2. The number of H-pyrrole nitrogens is 1. The number of aromatic nitrogens is 1. The minimum Gasteiger partial charge on any atom is -0.320 e. The van der Waals surface area contributed by atoms with Crippen LogP contribution >= 0.6 is 0 Å². The number of hydrogen-bond donors (Lipinski definition) is 1. The third-order valence-corrected chi connectivity index (χ3v) is 4.98. The molecule has 0 spiro atoms. The van der Waals surface area contributed by atoms with Gasteiger partial charge in [-0.25, -0.2) is 0 Å². The van der Waals surface area contributed by atoms with E-state index in [1.165, 1.54) is 4.90 Å². The fourth-order valence-corrected chi connectivity index (χ4v) is 3.29. The first-order valence-corrected chi connectivity index (χ1v) is 8.07. The van der Waals surface area contributed by atoms with E-state index in [1.54, 1.807) is 13.1 Å². The Morgan fingerprint density at radius 1 is 1.35 bits per heavy atom. The summed E-state index contributed by atoms with van der Waals surface area (Å²) in [5.41, 5.74) is 0.982. The van der Waals surface area contributed by atoms with Crippen molar-refractivity contribution in [2.75, 3.05) is 25.5 Å². The monoisotopic (exact) mass is 313 g/mol. The SMILES string of the molecule is CC1CC(C(=O)N(C)c2cc3ccccc3[nH]c2=O)CCN1C. The highest BCUT2D eigenvalue weighted by Crippen LogP contribution is 2.25. The number of piperidine rings is 1. The van der Waals surface area contributed by atoms with Gasteiger partial charge in [-0.05, 0) is 45.5 Å². The van der Waals surface area contributed by atoms with Crippen LogP contribution in [0.25, 0.3) is 10.9 Å². The number of amides is 1. The minimum atomic E-state index is -0.222. The van der Waals surface area contributed by atoms with E-state index in [0.29, 0.717) is 11.7 Å². The number of nitrogens with one attached hydrogen (secondary N) is 1. The number of likely N-dealkylation sites (tertiary alicyclic amines) is 1. The Balaban J connectivity index is 1.88. The van der Waals surface area contributed by atoms with E-state index >= 15 is 0 Å². The van der Waals surface area contributed by atoms with Gasteiger partial charge in [0.05, 0.1) is 0 Å². The lowest BCUT2D eigenvalue weighted by Gasteiger charge is -2.35. The average molecular weight is 313 g/mol. The molecule has 0 bridgehead atoms. The fourth-order valence-electron chi connectivity index (χ4n) is 3.29. The van der Waals surface area contributed by atoms with Crippen LogP contribution in [0.5, 0.6) is 0 Å². The summed E-state index contributed by atoms with van der Waals surface area (Å²) in [5, 5.41) is 0.929. The van der Waals surface area contributed by atoms with E-state index in [-0.39, 0.29) is 17.4 Å². The number of hydrogen-bond acceptors (Lipinski definition) is 3. The van der Waals surface area contributed by atoms with Crippen molar-refractivity contribution in [2.24, 2.45) is 5.92 Å². The molecule has 1 aliphatic heterocycles. The number of benzene rings is 1. The molecule has 122 valence electrons. The van der Waals surface area contributed by atoms with Crippen LogP contribution in [0.4, 0.5) is 5.69 Å². The van der Waals surface area contributed by atoms with E-state index in [2.05, 4.69) is 23.9 Å². The molecule has 1 amide bonds. The van der Waals surface area contributed by atoms with Gasteiger partial charge in [0, 0.05) is 29.9 Å². The fraction of sp³-hybridized carbons (Fsp3) is 0.444. The maximum Gasteiger partial charge on any atom is 0.272 e. The molecular weight excluding hydrogens is 290 g/mol. The van der Waals surface area contributed by atoms with Crippen molar-refractivity contribution < 1.29 is 4.79 Å². The predicted octanol–water partition coefficient (Wildman–Crippen LogP) is 2.22. The van der Waals surface area contributed by atoms with Gasteiger partial charge in [-0.3, -0.25) is 9.59 Å². The second-order valence-corrected chi connectivity index (χ2v) is 6.52. The average Bonchev–Trinajstić information content (AvgIpc) is 2.55. The second-order valence-electron chi connectivity index (χ2n) is 6.52. The lowest BCUT2D eigenvalue weighted by atomic mass is 9.91. The highest BCUT2D eigenvalue weighted by atomic mass is 16.2. The normalized spacial score (nSPS) is 22.2. The smallest absolute Gasteiger partial charge is 0.272 e. The first-order chi connectivity index (χ1) is 11.0. The molecule has 1 saturated heterocycles. The summed E-state index contributed by atoms with van der Waals surface area (Å²) in [6.45, 7) is 3.06. The van der Waals surface area contributed by atoms with Gasteiger partial charge in [0.1, 0.15) is 5.69 Å². The van der Waals surface area contributed by atoms with Gasteiger partial charge in [-0.1, -0.05) is 18.2 Å². The molecule has 1 N–H and O–H groups in total. The van der Waals surface area contributed by atoms with Crippen LogP contribution < -0.4 is 10.5 Å². The Bertz CT molecular complexity index is 783. The van der Waals surface area contributed by atoms with Crippen molar-refractivity contribution >= 4 is 22.5 Å². The van der Waals surface area contributed by atoms with Crippen LogP contribution in [0.2, 0.25) is 0 Å². The summed E-state index contributed by atoms with van der Waals surface area (Å²) in [6, 6.07) is 9.79. The lowest BCUT2D eigenvalue weighted by molar-refractivity contribution is -0.124. The van der Waals surface area contributed by atoms with Crippen LogP contribution in [0, 0.1) is 5.92 Å². The molecule has 1 aromatic heterocycles. The number of pyridine rings is 1. The maximum absolute atomic E-state index is 12.8. The van der Waals surface area contributed by atoms with Gasteiger partial charge < -0.3 is 14.8 Å². The first kappa shape index (κ1) is 15.7. The van der Waals surface area contributed by atoms with E-state index in [0.717, 1.165) is 30.3 Å². The van der Waals surface area contributed by atoms with Crippen molar-refractivity contribution in [3.63, 3.8) is 0 Å². The van der Waals surface area contributed by atoms with Gasteiger partial charge in [0.25, 0.3) is 5.56 Å². The highest BCUT2D eigenvalue weighted by Gasteiger charge is 2.30. The van der Waals surface area contributed by atoms with Crippen LogP contribution in [0.1, 0.15) is 19.8 Å². The number of rotatable bonds is 2. The number of aromatic amines is 1. The first-order valence-electron chi connectivity index (χ1n) is 8.07. The molecule has 2 aromatic rings. The van der Waals surface area contributed by atoms with Crippen molar-refractivity contribution in [1.82, 2.24) is 9.88 Å². The molecule has 23 heavy (non-hydrogen) atoms. The molecule has 1 fully saturated rings. The van der Waals surface area contributed by atoms with Crippen molar-refractivity contribution in [3.8, 4) is 0 Å². The van der Waals surface area contributed by atoms with Crippen molar-refractivity contribution in [3.05, 3.63) is 40.7 Å². The van der Waals surface area contributed by atoms with Crippen LogP contribution in [-0.2, 0) is 4.79 Å². The van der Waals surface area contributed by atoms with E-state index in [1.807, 2.05) is 24.3 Å². The molecule has 0 aliphatic carbocycles. The highest BCUT2D eigenvalue weighted by molar-refractivity contribution is 5.96. The van der Waals surface area contributed by atoms with E-state index in [4.69, 9.17) is 0 Å². The third kappa shape index (κ3) is 3.01. The Morgan fingerprint density at radius 3 is 2.83 bits per heavy atom. The van der Waals surface area contributed by atoms with Crippen LogP contribution in [0.15, 0.2) is 35.1 Å². The van der Waals surface area contributed by atoms with Gasteiger partial charge >= 0.3 is 0 Å². The van der Waals surface area contributed by atoms with E-state index < -0.39 is 0 Å². The molecular formula is C18H23N3O2. The van der Waals surface area contributed by atoms with Crippen LogP contribution in [0.3, 0.4) is 0 Å². The number of fused-ring (bicyclic) bond motifs is 1. The zero-order chi connectivity index (χ0) is 16.6. The van der Waals surface area contributed by atoms with Gasteiger partial charge in [0.2, 0.25) is 5.91 Å². The number of anilines is 1. The zero-order valence-electron chi connectivity index (χ0n) is 13.9. The van der Waals surface area contributed by atoms with Gasteiger partial charge in [-0.2, -0.15) is 0 Å². The molecule has 0 radical (unpaired) electrons. The molecule has 1 aromatic carbocycles. The largest absolute Gasteiger partial charge is 0.320 e. The number of para-hydroxylation sites is 1. The Labute approximate surface area is 135 Å².